The van der Waals surface area contributed by atoms with Crippen molar-refractivity contribution in [3.63, 3.8) is 0 Å². The van der Waals surface area contributed by atoms with Crippen LogP contribution in [0.5, 0.6) is 0 Å². The highest BCUT2D eigenvalue weighted by molar-refractivity contribution is 6.05. The molecular formula is C25H27N7O2. The topological polar surface area (TPSA) is 141 Å². The minimum atomic E-state index is -0.364. The molecule has 4 rings (SSSR count). The van der Waals surface area contributed by atoms with E-state index < -0.39 is 0 Å². The van der Waals surface area contributed by atoms with Crippen molar-refractivity contribution in [3.05, 3.63) is 77.6 Å². The number of hydrogen-bond acceptors (Lipinski definition) is 8. The number of anilines is 1. The van der Waals surface area contributed by atoms with E-state index in [1.807, 2.05) is 11.0 Å². The number of rotatable bonds is 5. The number of carbonyl (C=O) groups excluding carboxylic acids is 1. The van der Waals surface area contributed by atoms with Crippen molar-refractivity contribution in [1.82, 2.24) is 20.2 Å². The van der Waals surface area contributed by atoms with Crippen LogP contribution in [0.15, 0.2) is 60.8 Å². The SMILES string of the molecule is CCC1CN(C(=O)c2ccc(-c3cnc(N)c(C(=N)OC(=N)c4ccccc4)n3)cc2)CCN1. The fraction of sp³-hybridized carbons (Fsp3) is 0.240. The maximum Gasteiger partial charge on any atom is 0.253 e. The summed E-state index contributed by atoms with van der Waals surface area (Å²) in [5.41, 5.74) is 8.33. The summed E-state index contributed by atoms with van der Waals surface area (Å²) in [6.45, 7) is 4.29. The van der Waals surface area contributed by atoms with Gasteiger partial charge in [-0.15, -0.1) is 0 Å². The normalized spacial score (nSPS) is 15.6. The molecule has 1 saturated heterocycles. The first-order valence-corrected chi connectivity index (χ1v) is 11.1. The molecular weight excluding hydrogens is 430 g/mol. The van der Waals surface area contributed by atoms with Crippen LogP contribution in [0, 0.1) is 10.8 Å². The first-order valence-electron chi connectivity index (χ1n) is 11.1. The van der Waals surface area contributed by atoms with Crippen LogP contribution < -0.4 is 11.1 Å². The third-order valence-electron chi connectivity index (χ3n) is 5.72. The third-order valence-corrected chi connectivity index (χ3v) is 5.72. The Hall–Kier alpha value is -4.11. The number of benzene rings is 2. The minimum absolute atomic E-state index is 0.00480. The van der Waals surface area contributed by atoms with Gasteiger partial charge in [-0.25, -0.2) is 9.97 Å². The Bertz CT molecular complexity index is 1200. The molecule has 1 amide bonds. The molecule has 1 atom stereocenters. The van der Waals surface area contributed by atoms with Gasteiger partial charge in [-0.05, 0) is 30.7 Å². The van der Waals surface area contributed by atoms with Crippen molar-refractivity contribution in [2.24, 2.45) is 0 Å². The lowest BCUT2D eigenvalue weighted by Gasteiger charge is -2.33. The maximum atomic E-state index is 12.9. The second-order valence-electron chi connectivity index (χ2n) is 8.00. The highest BCUT2D eigenvalue weighted by Crippen LogP contribution is 2.21. The number of piperazine rings is 1. The molecule has 1 fully saturated rings. The number of nitrogens with one attached hydrogen (secondary N) is 3. The van der Waals surface area contributed by atoms with Gasteiger partial charge in [-0.2, -0.15) is 0 Å². The van der Waals surface area contributed by atoms with Gasteiger partial charge in [0.25, 0.3) is 5.91 Å². The molecule has 2 aromatic carbocycles. The van der Waals surface area contributed by atoms with Crippen molar-refractivity contribution in [3.8, 4) is 11.3 Å². The standard InChI is InChI=1S/C25H27N7O2/c1-2-19-15-32(13-12-29-19)25(33)18-10-8-16(9-11-18)20-14-30-22(26)21(31-20)24(28)34-23(27)17-6-4-3-5-7-17/h3-11,14,19,27-29H,2,12-13,15H2,1H3,(H2,26,30). The number of nitrogens with two attached hydrogens (primary N) is 1. The molecule has 1 aliphatic rings. The van der Waals surface area contributed by atoms with Crippen molar-refractivity contribution in [2.75, 3.05) is 25.4 Å². The van der Waals surface area contributed by atoms with Crippen LogP contribution in [0.4, 0.5) is 5.82 Å². The number of nitrogens with zero attached hydrogens (tertiary/aromatic N) is 3. The van der Waals surface area contributed by atoms with E-state index in [0.717, 1.165) is 18.5 Å². The number of amides is 1. The Kier molecular flexibility index (Phi) is 6.93. The summed E-state index contributed by atoms with van der Waals surface area (Å²) < 4.78 is 5.36. The van der Waals surface area contributed by atoms with E-state index in [0.29, 0.717) is 36.0 Å². The molecule has 1 aliphatic heterocycles. The number of aromatic nitrogens is 2. The van der Waals surface area contributed by atoms with Gasteiger partial charge in [0.05, 0.1) is 11.9 Å². The molecule has 0 spiro atoms. The average molecular weight is 458 g/mol. The van der Waals surface area contributed by atoms with Crippen LogP contribution in [0.2, 0.25) is 0 Å². The van der Waals surface area contributed by atoms with Crippen molar-refractivity contribution in [2.45, 2.75) is 19.4 Å². The van der Waals surface area contributed by atoms with Gasteiger partial charge in [0, 0.05) is 42.4 Å². The van der Waals surface area contributed by atoms with E-state index in [2.05, 4.69) is 22.2 Å². The Morgan fingerprint density at radius 3 is 2.56 bits per heavy atom. The van der Waals surface area contributed by atoms with Crippen LogP contribution in [0.3, 0.4) is 0 Å². The third kappa shape index (κ3) is 5.10. The van der Waals surface area contributed by atoms with Crippen LogP contribution in [0.1, 0.15) is 35.0 Å². The van der Waals surface area contributed by atoms with E-state index in [-0.39, 0.29) is 29.2 Å². The summed E-state index contributed by atoms with van der Waals surface area (Å²) in [5, 5.41) is 19.7. The van der Waals surface area contributed by atoms with Gasteiger partial charge in [0.15, 0.2) is 11.5 Å². The van der Waals surface area contributed by atoms with Gasteiger partial charge in [-0.1, -0.05) is 37.3 Å². The zero-order chi connectivity index (χ0) is 24.1. The average Bonchev–Trinajstić information content (AvgIpc) is 2.89. The van der Waals surface area contributed by atoms with Crippen molar-refractivity contribution in [1.29, 1.82) is 10.8 Å². The number of carbonyl (C=O) groups is 1. The first kappa shape index (κ1) is 23.1. The fourth-order valence-corrected chi connectivity index (χ4v) is 3.75. The molecule has 0 saturated carbocycles. The molecule has 3 aromatic rings. The monoisotopic (exact) mass is 457 g/mol. The van der Waals surface area contributed by atoms with Gasteiger partial charge in [0.1, 0.15) is 0 Å². The predicted octanol–water partition coefficient (Wildman–Crippen LogP) is 2.92. The van der Waals surface area contributed by atoms with E-state index in [1.165, 1.54) is 6.20 Å². The summed E-state index contributed by atoms with van der Waals surface area (Å²) in [6, 6.07) is 16.3. The maximum absolute atomic E-state index is 12.9. The van der Waals surface area contributed by atoms with Gasteiger partial charge in [-0.3, -0.25) is 15.6 Å². The summed E-state index contributed by atoms with van der Waals surface area (Å²) in [7, 11) is 0. The molecule has 9 heteroatoms. The molecule has 5 N–H and O–H groups in total. The molecule has 1 unspecified atom stereocenters. The van der Waals surface area contributed by atoms with Gasteiger partial charge in [0.2, 0.25) is 11.8 Å². The molecule has 34 heavy (non-hydrogen) atoms. The molecule has 2 heterocycles. The van der Waals surface area contributed by atoms with Gasteiger partial charge >= 0.3 is 0 Å². The summed E-state index contributed by atoms with van der Waals surface area (Å²) in [6.07, 6.45) is 2.48. The lowest BCUT2D eigenvalue weighted by Crippen LogP contribution is -2.52. The largest absolute Gasteiger partial charge is 0.419 e. The molecule has 174 valence electrons. The second-order valence-corrected chi connectivity index (χ2v) is 8.00. The number of ether oxygens (including phenoxy) is 1. The molecule has 0 bridgehead atoms. The molecule has 0 radical (unpaired) electrons. The lowest BCUT2D eigenvalue weighted by atomic mass is 10.1. The lowest BCUT2D eigenvalue weighted by molar-refractivity contribution is 0.0701. The highest BCUT2D eigenvalue weighted by Gasteiger charge is 2.23. The Labute approximate surface area is 198 Å². The molecule has 9 nitrogen and oxygen atoms in total. The van der Waals surface area contributed by atoms with Crippen LogP contribution in [-0.2, 0) is 4.74 Å². The zero-order valence-electron chi connectivity index (χ0n) is 18.9. The minimum Gasteiger partial charge on any atom is -0.419 e. The second kappa shape index (κ2) is 10.2. The van der Waals surface area contributed by atoms with Crippen molar-refractivity contribution >= 4 is 23.5 Å². The Morgan fingerprint density at radius 2 is 1.85 bits per heavy atom. The Balaban J connectivity index is 1.49. The highest BCUT2D eigenvalue weighted by atomic mass is 16.5. The molecule has 1 aromatic heterocycles. The fourth-order valence-electron chi connectivity index (χ4n) is 3.75. The summed E-state index contributed by atoms with van der Waals surface area (Å²) in [5.74, 6) is -0.509. The summed E-state index contributed by atoms with van der Waals surface area (Å²) >= 11 is 0. The van der Waals surface area contributed by atoms with E-state index in [1.54, 1.807) is 48.5 Å². The van der Waals surface area contributed by atoms with E-state index in [9.17, 15) is 4.79 Å². The van der Waals surface area contributed by atoms with E-state index in [4.69, 9.17) is 21.3 Å². The predicted molar refractivity (Wildman–Crippen MR) is 131 cm³/mol. The summed E-state index contributed by atoms with van der Waals surface area (Å²) in [4.78, 5) is 23.4. The first-order chi connectivity index (χ1) is 16.5. The van der Waals surface area contributed by atoms with Crippen LogP contribution in [0.25, 0.3) is 11.3 Å². The number of hydrogen-bond donors (Lipinski definition) is 4. The van der Waals surface area contributed by atoms with Crippen LogP contribution in [-0.4, -0.2) is 58.2 Å². The number of nitrogen functional groups attached to an aromatic ring is 1. The smallest absolute Gasteiger partial charge is 0.253 e. The van der Waals surface area contributed by atoms with Crippen molar-refractivity contribution < 1.29 is 9.53 Å². The Morgan fingerprint density at radius 1 is 1.12 bits per heavy atom. The quantitative estimate of drug-likeness (QED) is 0.343. The van der Waals surface area contributed by atoms with Crippen LogP contribution >= 0.6 is 0 Å². The van der Waals surface area contributed by atoms with E-state index >= 15 is 0 Å². The molecule has 0 aliphatic carbocycles. The zero-order valence-corrected chi connectivity index (χ0v) is 18.9. The van der Waals surface area contributed by atoms with Gasteiger partial charge < -0.3 is 20.7 Å².